The predicted octanol–water partition coefficient (Wildman–Crippen LogP) is -1.72. The zero-order chi connectivity index (χ0) is 18.6. The normalized spacial score (nSPS) is 11.3. The van der Waals surface area contributed by atoms with Crippen molar-refractivity contribution in [2.75, 3.05) is 6.54 Å². The van der Waals surface area contributed by atoms with Crippen LogP contribution in [0, 0.1) is 0 Å². The molecule has 0 heterocycles. The summed E-state index contributed by atoms with van der Waals surface area (Å²) in [6, 6.07) is -0.716. The number of unbranched alkanes of at least 4 members (excludes halogenated alkanes) is 1. The molecule has 1 atom stereocenters. The summed E-state index contributed by atoms with van der Waals surface area (Å²) in [5.74, 6) is -5.95. The largest absolute Gasteiger partial charge is 0.481 e. The zero-order valence-electron chi connectivity index (χ0n) is 13.1. The standard InChI is InChI=1S/C6H14N2O2.C6H8O7.Zn/c7-4-2-1-3-5(8)6(9)10;7-3(8)1-6(13,5(11)12)2-4(9)10;/h5H,1-4,7-8H2,(H,9,10);13H,1-2H2,(H,7,8)(H,9,10)(H,11,12);. The molecule has 136 valence electrons. The SMILES string of the molecule is NCCCCC(N)C(=O)O.O=C(O)CC(O)(CC(=O)O)C(=O)O.[Zn]. The second-order valence-electron chi connectivity index (χ2n) is 4.71. The van der Waals surface area contributed by atoms with E-state index < -0.39 is 48.4 Å². The quantitative estimate of drug-likeness (QED) is 0.160. The van der Waals surface area contributed by atoms with Crippen molar-refractivity contribution >= 4 is 23.9 Å². The van der Waals surface area contributed by atoms with Crippen molar-refractivity contribution in [3.05, 3.63) is 0 Å². The van der Waals surface area contributed by atoms with Crippen LogP contribution in [0.25, 0.3) is 0 Å². The first-order valence-corrected chi connectivity index (χ1v) is 6.54. The number of aliphatic carboxylic acids is 4. The summed E-state index contributed by atoms with van der Waals surface area (Å²) in [5.41, 5.74) is 7.68. The van der Waals surface area contributed by atoms with Crippen LogP contribution in [-0.2, 0) is 38.7 Å². The third-order valence-corrected chi connectivity index (χ3v) is 2.57. The van der Waals surface area contributed by atoms with Crippen LogP contribution >= 0.6 is 0 Å². The van der Waals surface area contributed by atoms with Crippen molar-refractivity contribution < 1.29 is 64.2 Å². The molecule has 0 aromatic rings. The molecule has 0 bridgehead atoms. The molecule has 0 fully saturated rings. The Morgan fingerprint density at radius 2 is 1.33 bits per heavy atom. The van der Waals surface area contributed by atoms with E-state index in [9.17, 15) is 19.2 Å². The van der Waals surface area contributed by atoms with Crippen molar-refractivity contribution in [1.82, 2.24) is 0 Å². The van der Waals surface area contributed by atoms with E-state index in [1.807, 2.05) is 0 Å². The van der Waals surface area contributed by atoms with Crippen molar-refractivity contribution in [1.29, 1.82) is 0 Å². The molecule has 0 aliphatic rings. The van der Waals surface area contributed by atoms with Gasteiger partial charge in [-0.2, -0.15) is 0 Å². The molecule has 0 amide bonds. The third-order valence-electron chi connectivity index (χ3n) is 2.57. The predicted molar refractivity (Wildman–Crippen MR) is 75.6 cm³/mol. The van der Waals surface area contributed by atoms with Gasteiger partial charge < -0.3 is 37.0 Å². The smallest absolute Gasteiger partial charge is 0.336 e. The molecular weight excluding hydrogens is 382 g/mol. The Morgan fingerprint density at radius 3 is 1.58 bits per heavy atom. The van der Waals surface area contributed by atoms with Crippen LogP contribution in [0.1, 0.15) is 32.1 Å². The van der Waals surface area contributed by atoms with Crippen molar-refractivity contribution in [3.8, 4) is 0 Å². The summed E-state index contributed by atoms with van der Waals surface area (Å²) in [6.45, 7) is 0.604. The molecule has 9 N–H and O–H groups in total. The summed E-state index contributed by atoms with van der Waals surface area (Å²) in [5, 5.41) is 42.1. The van der Waals surface area contributed by atoms with Gasteiger partial charge in [0, 0.05) is 19.5 Å². The van der Waals surface area contributed by atoms with Gasteiger partial charge in [0.25, 0.3) is 0 Å². The summed E-state index contributed by atoms with van der Waals surface area (Å²) < 4.78 is 0. The van der Waals surface area contributed by atoms with E-state index in [4.69, 9.17) is 37.0 Å². The van der Waals surface area contributed by atoms with Crippen molar-refractivity contribution in [2.24, 2.45) is 11.5 Å². The van der Waals surface area contributed by atoms with Crippen LogP contribution < -0.4 is 11.5 Å². The Morgan fingerprint density at radius 1 is 0.917 bits per heavy atom. The maximum absolute atomic E-state index is 10.3. The first kappa shape index (κ1) is 27.2. The van der Waals surface area contributed by atoms with Gasteiger partial charge in [-0.05, 0) is 19.4 Å². The van der Waals surface area contributed by atoms with Gasteiger partial charge in [-0.3, -0.25) is 14.4 Å². The number of carbonyl (C=O) groups is 4. The van der Waals surface area contributed by atoms with E-state index in [1.165, 1.54) is 0 Å². The molecule has 0 aromatic heterocycles. The number of nitrogens with two attached hydrogens (primary N) is 2. The zero-order valence-corrected chi connectivity index (χ0v) is 16.0. The molecule has 0 radical (unpaired) electrons. The van der Waals surface area contributed by atoms with Crippen molar-refractivity contribution in [3.63, 3.8) is 0 Å². The number of hydrogen-bond donors (Lipinski definition) is 7. The van der Waals surface area contributed by atoms with E-state index in [2.05, 4.69) is 0 Å². The van der Waals surface area contributed by atoms with Gasteiger partial charge in [0.05, 0.1) is 12.8 Å². The molecule has 0 aromatic carbocycles. The minimum atomic E-state index is -2.74. The molecule has 24 heavy (non-hydrogen) atoms. The van der Waals surface area contributed by atoms with Gasteiger partial charge >= 0.3 is 23.9 Å². The van der Waals surface area contributed by atoms with Crippen LogP contribution in [0.5, 0.6) is 0 Å². The first-order chi connectivity index (χ1) is 10.5. The minimum Gasteiger partial charge on any atom is -0.481 e. The van der Waals surface area contributed by atoms with Gasteiger partial charge in [-0.15, -0.1) is 0 Å². The summed E-state index contributed by atoms with van der Waals surface area (Å²) >= 11 is 0. The average molecular weight is 404 g/mol. The average Bonchev–Trinajstić information content (AvgIpc) is 2.37. The topological polar surface area (TPSA) is 221 Å². The van der Waals surface area contributed by atoms with Gasteiger partial charge in [0.1, 0.15) is 6.04 Å². The Hall–Kier alpha value is -1.62. The van der Waals surface area contributed by atoms with Crippen LogP contribution in [0.15, 0.2) is 0 Å². The second kappa shape index (κ2) is 13.8. The molecule has 0 aliphatic heterocycles. The van der Waals surface area contributed by atoms with Crippen LogP contribution in [-0.4, -0.2) is 67.6 Å². The first-order valence-electron chi connectivity index (χ1n) is 6.54. The molecular formula is C12H22N2O9Zn. The Bertz CT molecular complexity index is 415. The summed E-state index contributed by atoms with van der Waals surface area (Å²) in [6.07, 6.45) is -0.124. The Labute approximate surface area is 150 Å². The summed E-state index contributed by atoms with van der Waals surface area (Å²) in [7, 11) is 0. The molecule has 0 rings (SSSR count). The molecule has 11 nitrogen and oxygen atoms in total. The van der Waals surface area contributed by atoms with Crippen LogP contribution in [0.2, 0.25) is 0 Å². The van der Waals surface area contributed by atoms with Crippen molar-refractivity contribution in [2.45, 2.75) is 43.7 Å². The van der Waals surface area contributed by atoms with E-state index in [-0.39, 0.29) is 19.5 Å². The molecule has 0 saturated carbocycles. The molecule has 12 heteroatoms. The Kier molecular flexibility index (Phi) is 15.7. The van der Waals surface area contributed by atoms with Crippen LogP contribution in [0.3, 0.4) is 0 Å². The monoisotopic (exact) mass is 402 g/mol. The maximum atomic E-state index is 10.3. The number of rotatable bonds is 10. The fourth-order valence-corrected chi connectivity index (χ4v) is 1.35. The molecule has 1 unspecified atom stereocenters. The fourth-order valence-electron chi connectivity index (χ4n) is 1.35. The minimum absolute atomic E-state index is 0. The van der Waals surface area contributed by atoms with E-state index >= 15 is 0 Å². The molecule has 0 saturated heterocycles. The van der Waals surface area contributed by atoms with E-state index in [0.717, 1.165) is 12.8 Å². The maximum Gasteiger partial charge on any atom is 0.336 e. The van der Waals surface area contributed by atoms with Gasteiger partial charge in [0.2, 0.25) is 0 Å². The second-order valence-corrected chi connectivity index (χ2v) is 4.71. The fraction of sp³-hybridized carbons (Fsp3) is 0.667. The Balaban J connectivity index is -0.000000364. The number of hydrogen-bond acceptors (Lipinski definition) is 7. The number of aliphatic hydroxyl groups is 1. The summed E-state index contributed by atoms with van der Waals surface area (Å²) in [4.78, 5) is 40.6. The van der Waals surface area contributed by atoms with E-state index in [0.29, 0.717) is 13.0 Å². The van der Waals surface area contributed by atoms with Crippen LogP contribution in [0.4, 0.5) is 0 Å². The molecule has 0 spiro atoms. The number of carboxylic acid groups (broad SMARTS) is 4. The van der Waals surface area contributed by atoms with Gasteiger partial charge in [-0.1, -0.05) is 6.42 Å². The molecule has 0 aliphatic carbocycles. The number of carboxylic acids is 4. The third kappa shape index (κ3) is 14.0. The van der Waals surface area contributed by atoms with Gasteiger partial charge in [0.15, 0.2) is 5.60 Å². The van der Waals surface area contributed by atoms with Gasteiger partial charge in [-0.25, -0.2) is 4.79 Å². The van der Waals surface area contributed by atoms with E-state index in [1.54, 1.807) is 0 Å².